The molecule has 0 radical (unpaired) electrons. The number of nitrogens with one attached hydrogen (secondary N) is 10. The van der Waals surface area contributed by atoms with Gasteiger partial charge in [-0.2, -0.15) is 10.2 Å². The lowest BCUT2D eigenvalue weighted by atomic mass is 9.99. The number of sulfone groups is 1. The third-order valence-corrected chi connectivity index (χ3v) is 14.9. The van der Waals surface area contributed by atoms with Crippen LogP contribution < -0.4 is 59.1 Å². The van der Waals surface area contributed by atoms with E-state index < -0.39 is 113 Å². The number of carbonyl (C=O) groups excluding carboxylic acids is 9. The molecule has 0 saturated heterocycles. The molecule has 0 saturated carbocycles. The second kappa shape index (κ2) is 37.7. The van der Waals surface area contributed by atoms with Gasteiger partial charge in [0.15, 0.2) is 11.6 Å². The molecule has 6 aromatic rings. The Morgan fingerprint density at radius 3 is 1.09 bits per heavy atom. The molecule has 0 bridgehead atoms. The van der Waals surface area contributed by atoms with Gasteiger partial charge in [0.2, 0.25) is 17.7 Å². The van der Waals surface area contributed by atoms with Crippen LogP contribution >= 0.6 is 0 Å². The molecule has 0 heterocycles. The van der Waals surface area contributed by atoms with Gasteiger partial charge in [-0.25, -0.2) is 28.9 Å². The van der Waals surface area contributed by atoms with Crippen molar-refractivity contribution in [1.82, 2.24) is 53.4 Å². The van der Waals surface area contributed by atoms with Crippen molar-refractivity contribution in [3.8, 4) is 0 Å². The molecule has 12 N–H and O–H groups in total. The van der Waals surface area contributed by atoms with Crippen molar-refractivity contribution in [3.05, 3.63) is 215 Å². The summed E-state index contributed by atoms with van der Waals surface area (Å²) in [5.41, 5.74) is 14.9. The zero-order chi connectivity index (χ0) is 67.0. The summed E-state index contributed by atoms with van der Waals surface area (Å²) in [5, 5.41) is 29.4. The summed E-state index contributed by atoms with van der Waals surface area (Å²) < 4.78 is 23.9. The molecular formula is C67H81N13O11S. The lowest BCUT2D eigenvalue weighted by molar-refractivity contribution is -0.127. The van der Waals surface area contributed by atoms with Crippen LogP contribution in [0.25, 0.3) is 0 Å². The number of urea groups is 2. The molecule has 5 unspecified atom stereocenters. The largest absolute Gasteiger partial charge is 0.346 e. The van der Waals surface area contributed by atoms with Crippen molar-refractivity contribution >= 4 is 74.4 Å². The Balaban J connectivity index is 0.000000342. The van der Waals surface area contributed by atoms with Gasteiger partial charge < -0.3 is 48.3 Å². The monoisotopic (exact) mass is 1280 g/mol. The number of hydrogen-bond donors (Lipinski definition) is 11. The first-order valence-corrected chi connectivity index (χ1v) is 31.8. The maximum absolute atomic E-state index is 13.7. The minimum absolute atomic E-state index is 0.128. The Labute approximate surface area is 536 Å². The number of nitrogens with two attached hydrogens (primary N) is 1. The number of hydrogen-bond acceptors (Lipinski definition) is 15. The van der Waals surface area contributed by atoms with E-state index in [1.807, 2.05) is 128 Å². The first-order chi connectivity index (χ1) is 44.1. The molecule has 0 aliphatic heterocycles. The maximum Gasteiger partial charge on any atom is 0.335 e. The van der Waals surface area contributed by atoms with Crippen molar-refractivity contribution in [1.29, 1.82) is 0 Å². The summed E-state index contributed by atoms with van der Waals surface area (Å²) in [5.74, 6) is -4.63. The molecule has 24 nitrogen and oxygen atoms in total. The molecule has 5 atom stereocenters. The molecule has 0 spiro atoms. The van der Waals surface area contributed by atoms with Gasteiger partial charge in [0.25, 0.3) is 11.8 Å². The van der Waals surface area contributed by atoms with Crippen molar-refractivity contribution < 1.29 is 51.6 Å². The second-order valence-electron chi connectivity index (χ2n) is 21.3. The molecule has 6 rings (SSSR count). The first-order valence-electron chi connectivity index (χ1n) is 29.8. The number of amides is 9. The first kappa shape index (κ1) is 72.5. The number of benzene rings is 6. The molecular weight excluding hydrogens is 1190 g/mol. The van der Waals surface area contributed by atoms with Gasteiger partial charge in [-0.1, -0.05) is 209 Å². The molecule has 0 aromatic heterocycles. The molecule has 6 aromatic carbocycles. The van der Waals surface area contributed by atoms with Gasteiger partial charge in [0.1, 0.15) is 39.4 Å². The second-order valence-corrected chi connectivity index (χ2v) is 23.4. The van der Waals surface area contributed by atoms with E-state index in [0.717, 1.165) is 28.5 Å². The smallest absolute Gasteiger partial charge is 0.335 e. The highest BCUT2D eigenvalue weighted by Crippen LogP contribution is 2.23. The fourth-order valence-corrected chi connectivity index (χ4v) is 10.3. The standard InChI is InChI=1S/C36H45N7O7S.C31H36N6O4/c1-5-15-28(39-34(46)29(37-3)23-51(4,49)50)33(35(47)38-22-30(45)40-31(24(2)44)25-16-9-6-10-17-25)42-43-36(48)41-32(26-18-11-7-12-19-26)27-20-13-8-14-21-27;1-3-13-25(32)29(30(40)33-20-26(39)34-27(21(2)38)22-14-7-4-8-15-22)36-37-31(41)35-28(23-16-9-5-10-17-23)24-18-11-6-12-19-24/h6-14,16-21,28-29,31-32,37H,5,15,22-23H2,1-4H3,(H,38,47)(H,39,46)(H,40,45)(H2,41,43,48);4-12,14-19,25,27-28H,3,13,20,32H2,1-2H3,(H,33,40)(H,34,39)(H2,35,37,41)/b42-33+;36-29+. The molecule has 25 heteroatoms. The number of carbonyl (C=O) groups is 9. The van der Waals surface area contributed by atoms with Gasteiger partial charge in [-0.05, 0) is 67.1 Å². The van der Waals surface area contributed by atoms with Crippen LogP contribution in [0.5, 0.6) is 0 Å². The normalized spacial score (nSPS) is 13.0. The van der Waals surface area contributed by atoms with Gasteiger partial charge in [-0.15, -0.1) is 0 Å². The third kappa shape index (κ3) is 24.3. The minimum Gasteiger partial charge on any atom is -0.346 e. The van der Waals surface area contributed by atoms with Crippen LogP contribution in [-0.2, 0) is 43.4 Å². The lowest BCUT2D eigenvalue weighted by Crippen LogP contribution is -2.55. The van der Waals surface area contributed by atoms with E-state index >= 15 is 0 Å². The van der Waals surface area contributed by atoms with Crippen LogP contribution in [0, 0.1) is 0 Å². The van der Waals surface area contributed by atoms with Gasteiger partial charge >= 0.3 is 12.1 Å². The lowest BCUT2D eigenvalue weighted by Gasteiger charge is -2.24. The molecule has 0 aliphatic rings. The van der Waals surface area contributed by atoms with Crippen molar-refractivity contribution in [2.45, 2.75) is 95.7 Å². The van der Waals surface area contributed by atoms with Crippen LogP contribution in [0.15, 0.2) is 192 Å². The van der Waals surface area contributed by atoms with E-state index in [1.54, 1.807) is 67.6 Å². The number of nitrogens with zero attached hydrogens (tertiary/aromatic N) is 2. The van der Waals surface area contributed by atoms with Crippen molar-refractivity contribution in [2.24, 2.45) is 15.9 Å². The number of hydrazone groups is 2. The zero-order valence-electron chi connectivity index (χ0n) is 52.2. The van der Waals surface area contributed by atoms with E-state index in [-0.39, 0.29) is 29.4 Å². The van der Waals surface area contributed by atoms with Crippen molar-refractivity contribution in [2.75, 3.05) is 32.1 Å². The Bertz CT molecular complexity index is 3490. The van der Waals surface area contributed by atoms with Crippen LogP contribution in [0.1, 0.15) is 111 Å². The topological polar surface area (TPSA) is 359 Å². The average molecular weight is 1280 g/mol. The Kier molecular flexibility index (Phi) is 29.7. The molecule has 0 fully saturated rings. The highest BCUT2D eigenvalue weighted by molar-refractivity contribution is 7.90. The molecule has 0 aliphatic carbocycles. The highest BCUT2D eigenvalue weighted by Gasteiger charge is 2.31. The van der Waals surface area contributed by atoms with Crippen LogP contribution in [0.3, 0.4) is 0 Å². The van der Waals surface area contributed by atoms with Gasteiger partial charge in [-0.3, -0.25) is 33.6 Å². The van der Waals surface area contributed by atoms with E-state index in [4.69, 9.17) is 5.73 Å². The van der Waals surface area contributed by atoms with Gasteiger partial charge in [0, 0.05) is 6.26 Å². The van der Waals surface area contributed by atoms with Gasteiger partial charge in [0.05, 0.1) is 43.0 Å². The average Bonchev–Trinajstić information content (AvgIpc) is 3.27. The number of Topliss-reactive ketones (excluding diaryl/α,β-unsaturated/α-hetero) is 2. The Morgan fingerprint density at radius 1 is 0.446 bits per heavy atom. The maximum atomic E-state index is 13.7. The molecule has 92 heavy (non-hydrogen) atoms. The van der Waals surface area contributed by atoms with Crippen molar-refractivity contribution in [3.63, 3.8) is 0 Å². The minimum atomic E-state index is -3.57. The van der Waals surface area contributed by atoms with E-state index in [2.05, 4.69) is 63.6 Å². The Hall–Kier alpha value is -10.2. The Morgan fingerprint density at radius 2 is 0.772 bits per heavy atom. The predicted molar refractivity (Wildman–Crippen MR) is 352 cm³/mol. The summed E-state index contributed by atoms with van der Waals surface area (Å²) >= 11 is 0. The number of likely N-dealkylation sites (N-methyl/N-ethyl adjacent to an activating group) is 1. The molecule has 486 valence electrons. The fourth-order valence-electron chi connectivity index (χ4n) is 9.37. The summed E-state index contributed by atoms with van der Waals surface area (Å²) in [6.45, 7) is 5.43. The number of rotatable bonds is 31. The fraction of sp³-hybridized carbons (Fsp3) is 0.299. The van der Waals surface area contributed by atoms with Crippen LogP contribution in [-0.4, -0.2) is 123 Å². The quantitative estimate of drug-likeness (QED) is 0.0201. The van der Waals surface area contributed by atoms with Crippen LogP contribution in [0.4, 0.5) is 9.59 Å². The zero-order valence-corrected chi connectivity index (χ0v) is 53.0. The van der Waals surface area contributed by atoms with Crippen LogP contribution in [0.2, 0.25) is 0 Å². The summed E-state index contributed by atoms with van der Waals surface area (Å²) in [6, 6.07) is 47.4. The summed E-state index contributed by atoms with van der Waals surface area (Å²) in [6.07, 6.45) is 2.71. The van der Waals surface area contributed by atoms with E-state index in [1.165, 1.54) is 20.9 Å². The van der Waals surface area contributed by atoms with E-state index in [9.17, 15) is 51.6 Å². The third-order valence-electron chi connectivity index (χ3n) is 13.9. The van der Waals surface area contributed by atoms with E-state index in [0.29, 0.717) is 30.4 Å². The summed E-state index contributed by atoms with van der Waals surface area (Å²) in [4.78, 5) is 116. The number of ketones is 2. The SMILES string of the molecule is CCCC(N)/C(=N\NC(=O)NC(c1ccccc1)c1ccccc1)C(=O)NCC(=O)NC(C(C)=O)c1ccccc1.CCCC(NC(=O)C(CS(C)(=O)=O)NC)/C(=N\NC(=O)NC(c1ccccc1)c1ccccc1)C(=O)NCC(=O)NC(C(C)=O)c1ccccc1. The highest BCUT2D eigenvalue weighted by atomic mass is 32.2. The predicted octanol–water partition coefficient (Wildman–Crippen LogP) is 5.03. The summed E-state index contributed by atoms with van der Waals surface area (Å²) in [7, 11) is -2.14. The molecule has 9 amide bonds.